The maximum atomic E-state index is 11.3. The standard InChI is InChI=1S/C10H13NO4.C2H6/c1-3-14-9(12)7-4-8(11-15-7)10(2)5-13-6-10;1-2/h4H,3,5-6H2,1-2H3;1-2H3. The molecule has 5 heteroatoms. The minimum atomic E-state index is -0.472. The van der Waals surface area contributed by atoms with Crippen LogP contribution in [0.3, 0.4) is 0 Å². The first-order valence-corrected chi connectivity index (χ1v) is 5.88. The average Bonchev–Trinajstić information content (AvgIpc) is 2.78. The highest BCUT2D eigenvalue weighted by molar-refractivity contribution is 5.86. The number of nitrogens with zero attached hydrogens (tertiary/aromatic N) is 1. The van der Waals surface area contributed by atoms with Gasteiger partial charge in [-0.25, -0.2) is 4.79 Å². The van der Waals surface area contributed by atoms with Crippen LogP contribution in [0.1, 0.15) is 43.9 Å². The lowest BCUT2D eigenvalue weighted by Crippen LogP contribution is -2.44. The zero-order valence-electron chi connectivity index (χ0n) is 10.8. The third-order valence-corrected chi connectivity index (χ3v) is 2.45. The van der Waals surface area contributed by atoms with E-state index in [-0.39, 0.29) is 11.2 Å². The minimum Gasteiger partial charge on any atom is -0.460 e. The molecule has 0 N–H and O–H groups in total. The molecular formula is C12H19NO4. The normalized spacial score (nSPS) is 16.5. The fourth-order valence-corrected chi connectivity index (χ4v) is 1.41. The molecule has 1 saturated heterocycles. The highest BCUT2D eigenvalue weighted by atomic mass is 16.6. The van der Waals surface area contributed by atoms with Crippen molar-refractivity contribution < 1.29 is 18.8 Å². The van der Waals surface area contributed by atoms with Crippen molar-refractivity contribution >= 4 is 5.97 Å². The Morgan fingerprint density at radius 1 is 1.53 bits per heavy atom. The van der Waals surface area contributed by atoms with Crippen molar-refractivity contribution in [2.24, 2.45) is 0 Å². The van der Waals surface area contributed by atoms with E-state index >= 15 is 0 Å². The summed E-state index contributed by atoms with van der Waals surface area (Å²) in [6.45, 7) is 9.32. The maximum absolute atomic E-state index is 11.3. The van der Waals surface area contributed by atoms with Gasteiger partial charge < -0.3 is 14.0 Å². The number of hydrogen-bond acceptors (Lipinski definition) is 5. The van der Waals surface area contributed by atoms with Gasteiger partial charge in [-0.1, -0.05) is 19.0 Å². The summed E-state index contributed by atoms with van der Waals surface area (Å²) in [5.41, 5.74) is 0.630. The second-order valence-electron chi connectivity index (χ2n) is 3.85. The lowest BCUT2D eigenvalue weighted by atomic mass is 9.85. The molecule has 1 aliphatic rings. The molecule has 2 rings (SSSR count). The Hall–Kier alpha value is -1.36. The van der Waals surface area contributed by atoms with Gasteiger partial charge in [0.2, 0.25) is 5.76 Å². The van der Waals surface area contributed by atoms with E-state index in [0.29, 0.717) is 19.8 Å². The van der Waals surface area contributed by atoms with Crippen LogP contribution < -0.4 is 0 Å². The first kappa shape index (κ1) is 13.7. The van der Waals surface area contributed by atoms with Crippen molar-refractivity contribution in [2.75, 3.05) is 19.8 Å². The molecular weight excluding hydrogens is 222 g/mol. The van der Waals surface area contributed by atoms with Crippen LogP contribution in [-0.2, 0) is 14.9 Å². The fourth-order valence-electron chi connectivity index (χ4n) is 1.41. The molecule has 17 heavy (non-hydrogen) atoms. The molecule has 0 radical (unpaired) electrons. The Kier molecular flexibility index (Phi) is 4.69. The van der Waals surface area contributed by atoms with Crippen LogP contribution in [0, 0.1) is 0 Å². The third kappa shape index (κ3) is 2.85. The average molecular weight is 241 g/mol. The molecule has 1 aromatic rings. The first-order valence-electron chi connectivity index (χ1n) is 5.88. The fraction of sp³-hybridized carbons (Fsp3) is 0.667. The van der Waals surface area contributed by atoms with Crippen LogP contribution in [0.4, 0.5) is 0 Å². The predicted octanol–water partition coefficient (Wildman–Crippen LogP) is 2.17. The largest absolute Gasteiger partial charge is 0.460 e. The molecule has 2 heterocycles. The lowest BCUT2D eigenvalue weighted by Gasteiger charge is -2.35. The van der Waals surface area contributed by atoms with Gasteiger partial charge in [0.15, 0.2) is 0 Å². The Morgan fingerprint density at radius 3 is 2.65 bits per heavy atom. The second-order valence-corrected chi connectivity index (χ2v) is 3.85. The molecule has 0 aliphatic carbocycles. The van der Waals surface area contributed by atoms with Gasteiger partial charge in [0, 0.05) is 6.07 Å². The van der Waals surface area contributed by atoms with Crippen molar-refractivity contribution in [2.45, 2.75) is 33.1 Å². The molecule has 1 aliphatic heterocycles. The van der Waals surface area contributed by atoms with Gasteiger partial charge in [-0.2, -0.15) is 0 Å². The second kappa shape index (κ2) is 5.82. The van der Waals surface area contributed by atoms with Gasteiger partial charge in [0.25, 0.3) is 0 Å². The SMILES string of the molecule is CC.CCOC(=O)c1cc(C2(C)COC2)no1. The van der Waals surface area contributed by atoms with Crippen LogP contribution in [0.5, 0.6) is 0 Å². The van der Waals surface area contributed by atoms with Crippen LogP contribution in [-0.4, -0.2) is 30.9 Å². The molecule has 1 fully saturated rings. The number of hydrogen-bond donors (Lipinski definition) is 0. The summed E-state index contributed by atoms with van der Waals surface area (Å²) in [6.07, 6.45) is 0. The van der Waals surface area contributed by atoms with E-state index in [2.05, 4.69) is 5.16 Å². The van der Waals surface area contributed by atoms with Gasteiger partial charge in [-0.05, 0) is 13.8 Å². The van der Waals surface area contributed by atoms with Crippen LogP contribution in [0.2, 0.25) is 0 Å². The summed E-state index contributed by atoms with van der Waals surface area (Å²) in [5.74, 6) is -0.319. The molecule has 0 spiro atoms. The molecule has 5 nitrogen and oxygen atoms in total. The van der Waals surface area contributed by atoms with Gasteiger partial charge in [-0.15, -0.1) is 0 Å². The quantitative estimate of drug-likeness (QED) is 0.759. The van der Waals surface area contributed by atoms with Crippen molar-refractivity contribution in [1.29, 1.82) is 0 Å². The van der Waals surface area contributed by atoms with Crippen LogP contribution in [0.15, 0.2) is 10.6 Å². The van der Waals surface area contributed by atoms with E-state index in [4.69, 9.17) is 14.0 Å². The zero-order valence-corrected chi connectivity index (χ0v) is 10.8. The minimum absolute atomic E-state index is 0.117. The van der Waals surface area contributed by atoms with E-state index in [1.54, 1.807) is 13.0 Å². The Morgan fingerprint density at radius 2 is 2.18 bits per heavy atom. The van der Waals surface area contributed by atoms with Crippen molar-refractivity contribution in [3.63, 3.8) is 0 Å². The maximum Gasteiger partial charge on any atom is 0.377 e. The number of carbonyl (C=O) groups is 1. The molecule has 0 unspecified atom stereocenters. The van der Waals surface area contributed by atoms with Gasteiger partial charge in [0.1, 0.15) is 0 Å². The van der Waals surface area contributed by atoms with Crippen LogP contribution in [0.25, 0.3) is 0 Å². The summed E-state index contributed by atoms with van der Waals surface area (Å²) in [4.78, 5) is 11.3. The summed E-state index contributed by atoms with van der Waals surface area (Å²) < 4.78 is 14.8. The van der Waals surface area contributed by atoms with E-state index in [0.717, 1.165) is 5.69 Å². The topological polar surface area (TPSA) is 61.6 Å². The Balaban J connectivity index is 0.000000686. The number of esters is 1. The molecule has 0 bridgehead atoms. The number of carbonyl (C=O) groups excluding carboxylic acids is 1. The Bertz CT molecular complexity index is 368. The van der Waals surface area contributed by atoms with Crippen molar-refractivity contribution in [3.8, 4) is 0 Å². The molecule has 0 aromatic carbocycles. The third-order valence-electron chi connectivity index (χ3n) is 2.45. The molecule has 0 saturated carbocycles. The highest BCUT2D eigenvalue weighted by Crippen LogP contribution is 2.31. The van der Waals surface area contributed by atoms with Crippen molar-refractivity contribution in [1.82, 2.24) is 5.16 Å². The summed E-state index contributed by atoms with van der Waals surface area (Å²) in [5, 5.41) is 3.86. The van der Waals surface area contributed by atoms with E-state index in [9.17, 15) is 4.79 Å². The highest BCUT2D eigenvalue weighted by Gasteiger charge is 2.38. The number of rotatable bonds is 3. The predicted molar refractivity (Wildman–Crippen MR) is 62.0 cm³/mol. The summed E-state index contributed by atoms with van der Waals surface area (Å²) >= 11 is 0. The number of ether oxygens (including phenoxy) is 2. The molecule has 96 valence electrons. The van der Waals surface area contributed by atoms with Gasteiger partial charge >= 0.3 is 5.97 Å². The van der Waals surface area contributed by atoms with Gasteiger partial charge in [-0.3, -0.25) is 0 Å². The van der Waals surface area contributed by atoms with Gasteiger partial charge in [0.05, 0.1) is 30.9 Å². The van der Waals surface area contributed by atoms with Crippen molar-refractivity contribution in [3.05, 3.63) is 17.5 Å². The monoisotopic (exact) mass is 241 g/mol. The Labute approximate surface area is 101 Å². The van der Waals surface area contributed by atoms with E-state index < -0.39 is 5.97 Å². The zero-order chi connectivity index (χ0) is 12.9. The molecule has 0 atom stereocenters. The van der Waals surface area contributed by atoms with E-state index in [1.807, 2.05) is 20.8 Å². The molecule has 1 aromatic heterocycles. The first-order chi connectivity index (χ1) is 8.15. The smallest absolute Gasteiger partial charge is 0.377 e. The van der Waals surface area contributed by atoms with Crippen LogP contribution >= 0.6 is 0 Å². The summed E-state index contributed by atoms with van der Waals surface area (Å²) in [6, 6.07) is 1.63. The van der Waals surface area contributed by atoms with E-state index in [1.165, 1.54) is 0 Å². The number of aromatic nitrogens is 1. The summed E-state index contributed by atoms with van der Waals surface area (Å²) in [7, 11) is 0. The lowest BCUT2D eigenvalue weighted by molar-refractivity contribution is -0.0532. The molecule has 0 amide bonds.